The molecule has 1 aliphatic heterocycles. The van der Waals surface area contributed by atoms with Crippen molar-refractivity contribution in [3.05, 3.63) is 24.3 Å². The Bertz CT molecular complexity index is 337. The van der Waals surface area contributed by atoms with Crippen molar-refractivity contribution in [3.8, 4) is 0 Å². The molecule has 3 heteroatoms. The van der Waals surface area contributed by atoms with Gasteiger partial charge in [0.25, 0.3) is 0 Å². The van der Waals surface area contributed by atoms with E-state index in [1.54, 1.807) is 0 Å². The van der Waals surface area contributed by atoms with E-state index in [-0.39, 0.29) is 0 Å². The Morgan fingerprint density at radius 1 is 1.18 bits per heavy atom. The van der Waals surface area contributed by atoms with Gasteiger partial charge in [0.05, 0.1) is 6.10 Å². The largest absolute Gasteiger partial charge is 0.399 e. The van der Waals surface area contributed by atoms with Crippen LogP contribution in [0.4, 0.5) is 11.4 Å². The normalized spacial score (nSPS) is 21.9. The van der Waals surface area contributed by atoms with Crippen LogP contribution in [0, 0.1) is 0 Å². The molecule has 1 aliphatic rings. The first-order valence-corrected chi connectivity index (χ1v) is 6.43. The molecular formula is C14H22N2O. The summed E-state index contributed by atoms with van der Waals surface area (Å²) >= 11 is 0. The number of anilines is 2. The molecule has 1 aromatic carbocycles. The molecule has 0 amide bonds. The van der Waals surface area contributed by atoms with Crippen molar-refractivity contribution in [1.29, 1.82) is 0 Å². The van der Waals surface area contributed by atoms with Crippen LogP contribution in [-0.4, -0.2) is 26.3 Å². The molecule has 1 heterocycles. The summed E-state index contributed by atoms with van der Waals surface area (Å²) in [7, 11) is 1.81. The van der Waals surface area contributed by atoms with Crippen molar-refractivity contribution in [3.63, 3.8) is 0 Å². The zero-order valence-electron chi connectivity index (χ0n) is 10.6. The number of rotatable bonds is 2. The highest BCUT2D eigenvalue weighted by atomic mass is 16.5. The number of nitrogens with two attached hydrogens (primary N) is 1. The number of nitrogen functional groups attached to an aromatic ring is 1. The predicted molar refractivity (Wildman–Crippen MR) is 72.3 cm³/mol. The van der Waals surface area contributed by atoms with E-state index in [9.17, 15) is 0 Å². The zero-order chi connectivity index (χ0) is 12.1. The maximum Gasteiger partial charge on any atom is 0.0746 e. The van der Waals surface area contributed by atoms with Crippen molar-refractivity contribution in [2.75, 3.05) is 30.8 Å². The van der Waals surface area contributed by atoms with Gasteiger partial charge in [-0.3, -0.25) is 0 Å². The van der Waals surface area contributed by atoms with Gasteiger partial charge in [-0.05, 0) is 37.1 Å². The molecule has 0 spiro atoms. The van der Waals surface area contributed by atoms with Crippen LogP contribution in [0.3, 0.4) is 0 Å². The number of benzene rings is 1. The number of ether oxygens (including phenoxy) is 1. The highest BCUT2D eigenvalue weighted by Crippen LogP contribution is 2.21. The lowest BCUT2D eigenvalue weighted by molar-refractivity contribution is 0.0949. The summed E-state index contributed by atoms with van der Waals surface area (Å²) in [5, 5.41) is 0. The molecule has 1 saturated heterocycles. The summed E-state index contributed by atoms with van der Waals surface area (Å²) < 4.78 is 5.54. The van der Waals surface area contributed by atoms with E-state index in [4.69, 9.17) is 10.5 Å². The molecule has 1 aromatic rings. The minimum absolute atomic E-state index is 0.354. The number of hydrogen-bond acceptors (Lipinski definition) is 3. The van der Waals surface area contributed by atoms with Crippen molar-refractivity contribution in [2.24, 2.45) is 0 Å². The van der Waals surface area contributed by atoms with Gasteiger partial charge in [-0.15, -0.1) is 0 Å². The third kappa shape index (κ3) is 3.37. The van der Waals surface area contributed by atoms with Crippen LogP contribution in [-0.2, 0) is 4.74 Å². The Balaban J connectivity index is 2.08. The van der Waals surface area contributed by atoms with Crippen LogP contribution in [0.1, 0.15) is 25.7 Å². The molecule has 17 heavy (non-hydrogen) atoms. The van der Waals surface area contributed by atoms with Gasteiger partial charge in [0, 0.05) is 31.6 Å². The SMILES string of the molecule is COC1CCCCCN(c2ccc(N)cc2)C1. The summed E-state index contributed by atoms with van der Waals surface area (Å²) in [6.45, 7) is 2.10. The average molecular weight is 234 g/mol. The van der Waals surface area contributed by atoms with E-state index in [0.29, 0.717) is 6.10 Å². The molecule has 2 rings (SSSR count). The number of methoxy groups -OCH3 is 1. The Morgan fingerprint density at radius 2 is 1.94 bits per heavy atom. The lowest BCUT2D eigenvalue weighted by Crippen LogP contribution is -2.35. The number of hydrogen-bond donors (Lipinski definition) is 1. The maximum atomic E-state index is 5.72. The van der Waals surface area contributed by atoms with E-state index in [1.165, 1.54) is 31.4 Å². The van der Waals surface area contributed by atoms with Gasteiger partial charge in [-0.25, -0.2) is 0 Å². The minimum Gasteiger partial charge on any atom is -0.399 e. The smallest absolute Gasteiger partial charge is 0.0746 e. The first-order valence-electron chi connectivity index (χ1n) is 6.43. The van der Waals surface area contributed by atoms with Gasteiger partial charge < -0.3 is 15.4 Å². The van der Waals surface area contributed by atoms with Gasteiger partial charge in [-0.2, -0.15) is 0 Å². The van der Waals surface area contributed by atoms with E-state index in [1.807, 2.05) is 19.2 Å². The highest BCUT2D eigenvalue weighted by molar-refractivity contribution is 5.53. The van der Waals surface area contributed by atoms with Gasteiger partial charge in [-0.1, -0.05) is 12.8 Å². The zero-order valence-corrected chi connectivity index (χ0v) is 10.6. The Kier molecular flexibility index (Phi) is 4.26. The summed E-state index contributed by atoms with van der Waals surface area (Å²) in [6, 6.07) is 8.14. The fourth-order valence-electron chi connectivity index (χ4n) is 2.39. The van der Waals surface area contributed by atoms with Crippen LogP contribution in [0.5, 0.6) is 0 Å². The third-order valence-corrected chi connectivity index (χ3v) is 3.47. The molecule has 0 radical (unpaired) electrons. The first-order chi connectivity index (χ1) is 8.29. The molecule has 2 N–H and O–H groups in total. The molecule has 0 aliphatic carbocycles. The van der Waals surface area contributed by atoms with Crippen molar-refractivity contribution in [1.82, 2.24) is 0 Å². The van der Waals surface area contributed by atoms with Crippen LogP contribution in [0.25, 0.3) is 0 Å². The molecule has 1 atom stereocenters. The van der Waals surface area contributed by atoms with Gasteiger partial charge in [0.15, 0.2) is 0 Å². The fourth-order valence-corrected chi connectivity index (χ4v) is 2.39. The quantitative estimate of drug-likeness (QED) is 0.800. The van der Waals surface area contributed by atoms with Crippen LogP contribution in [0.2, 0.25) is 0 Å². The molecule has 0 aromatic heterocycles. The monoisotopic (exact) mass is 234 g/mol. The Labute approximate surface area is 104 Å². The van der Waals surface area contributed by atoms with Crippen molar-refractivity contribution in [2.45, 2.75) is 31.8 Å². The minimum atomic E-state index is 0.354. The average Bonchev–Trinajstić information content (AvgIpc) is 2.31. The standard InChI is InChI=1S/C14H22N2O/c1-17-14-5-3-2-4-10-16(11-14)13-8-6-12(15)7-9-13/h6-9,14H,2-5,10-11,15H2,1H3. The Morgan fingerprint density at radius 3 is 2.65 bits per heavy atom. The van der Waals surface area contributed by atoms with Gasteiger partial charge in [0.1, 0.15) is 0 Å². The van der Waals surface area contributed by atoms with Gasteiger partial charge >= 0.3 is 0 Å². The van der Waals surface area contributed by atoms with Crippen LogP contribution in [0.15, 0.2) is 24.3 Å². The molecule has 3 nitrogen and oxygen atoms in total. The predicted octanol–water partition coefficient (Wildman–Crippen LogP) is 2.66. The number of nitrogens with zero attached hydrogens (tertiary/aromatic N) is 1. The second-order valence-corrected chi connectivity index (χ2v) is 4.74. The van der Waals surface area contributed by atoms with Crippen LogP contribution >= 0.6 is 0 Å². The molecular weight excluding hydrogens is 212 g/mol. The fraction of sp³-hybridized carbons (Fsp3) is 0.571. The van der Waals surface area contributed by atoms with E-state index in [2.05, 4.69) is 17.0 Å². The highest BCUT2D eigenvalue weighted by Gasteiger charge is 2.16. The van der Waals surface area contributed by atoms with E-state index >= 15 is 0 Å². The third-order valence-electron chi connectivity index (χ3n) is 3.47. The molecule has 0 saturated carbocycles. The first kappa shape index (κ1) is 12.2. The second kappa shape index (κ2) is 5.92. The molecule has 1 unspecified atom stereocenters. The lowest BCUT2D eigenvalue weighted by atomic mass is 10.1. The van der Waals surface area contributed by atoms with E-state index < -0.39 is 0 Å². The Hall–Kier alpha value is -1.22. The van der Waals surface area contributed by atoms with Crippen molar-refractivity contribution >= 4 is 11.4 Å². The van der Waals surface area contributed by atoms with Crippen LogP contribution < -0.4 is 10.6 Å². The topological polar surface area (TPSA) is 38.5 Å². The summed E-state index contributed by atoms with van der Waals surface area (Å²) in [5.41, 5.74) is 7.80. The van der Waals surface area contributed by atoms with Crippen molar-refractivity contribution < 1.29 is 4.74 Å². The summed E-state index contributed by atoms with van der Waals surface area (Å²) in [6.07, 6.45) is 5.37. The van der Waals surface area contributed by atoms with E-state index in [0.717, 1.165) is 18.8 Å². The maximum absolute atomic E-state index is 5.72. The summed E-state index contributed by atoms with van der Waals surface area (Å²) in [4.78, 5) is 2.41. The molecule has 1 fully saturated rings. The second-order valence-electron chi connectivity index (χ2n) is 4.74. The molecule has 94 valence electrons. The molecule has 0 bridgehead atoms. The lowest BCUT2D eigenvalue weighted by Gasteiger charge is -2.31. The van der Waals surface area contributed by atoms with Gasteiger partial charge in [0.2, 0.25) is 0 Å². The summed E-state index contributed by atoms with van der Waals surface area (Å²) in [5.74, 6) is 0.